The van der Waals surface area contributed by atoms with Crippen molar-refractivity contribution < 1.29 is 39.8 Å². The van der Waals surface area contributed by atoms with Crippen LogP contribution < -0.4 is 10.1 Å². The zero-order valence-corrected chi connectivity index (χ0v) is 15.3. The lowest BCUT2D eigenvalue weighted by atomic mass is 9.96. The summed E-state index contributed by atoms with van der Waals surface area (Å²) in [5, 5.41) is 51.7. The van der Waals surface area contributed by atoms with Crippen LogP contribution in [0.3, 0.4) is 0 Å². The highest BCUT2D eigenvalue weighted by molar-refractivity contribution is 5.76. The van der Waals surface area contributed by atoms with Crippen LogP contribution in [0.4, 0.5) is 0 Å². The Balaban J connectivity index is 2.07. The van der Waals surface area contributed by atoms with E-state index in [0.717, 1.165) is 0 Å². The predicted octanol–water partition coefficient (Wildman–Crippen LogP) is -0.799. The summed E-state index contributed by atoms with van der Waals surface area (Å²) < 4.78 is 10.7. The van der Waals surface area contributed by atoms with E-state index in [1.807, 2.05) is 13.8 Å². The van der Waals surface area contributed by atoms with Crippen molar-refractivity contribution in [1.29, 1.82) is 0 Å². The SMILES string of the molecule is CCNC(=O)CC(C)c1ccc(OC2OC(CO)C(O)C(O)C2O)cc1O. The number of phenolic OH excluding ortho intramolecular Hbond substituents is 1. The van der Waals surface area contributed by atoms with Crippen LogP contribution in [-0.4, -0.2) is 75.3 Å². The van der Waals surface area contributed by atoms with E-state index >= 15 is 0 Å². The molecule has 0 radical (unpaired) electrons. The third-order valence-corrected chi connectivity index (χ3v) is 4.50. The lowest BCUT2D eigenvalue weighted by Crippen LogP contribution is -2.60. The standard InChI is InChI=1S/C18H27NO8/c1-3-19-14(22)6-9(2)11-5-4-10(7-12(11)21)26-18-17(25)16(24)15(23)13(8-20)27-18/h4-5,7,9,13,15-18,20-21,23-25H,3,6,8H2,1-2H3,(H,19,22). The van der Waals surface area contributed by atoms with Gasteiger partial charge in [0.15, 0.2) is 0 Å². The molecule has 9 heteroatoms. The molecule has 1 amide bonds. The van der Waals surface area contributed by atoms with Gasteiger partial charge < -0.3 is 40.3 Å². The van der Waals surface area contributed by atoms with Gasteiger partial charge in [0, 0.05) is 19.0 Å². The van der Waals surface area contributed by atoms with E-state index < -0.39 is 37.3 Å². The second-order valence-electron chi connectivity index (χ2n) is 6.59. The van der Waals surface area contributed by atoms with Gasteiger partial charge in [-0.15, -0.1) is 0 Å². The van der Waals surface area contributed by atoms with Crippen LogP contribution in [0, 0.1) is 0 Å². The van der Waals surface area contributed by atoms with Gasteiger partial charge in [0.1, 0.15) is 35.9 Å². The predicted molar refractivity (Wildman–Crippen MR) is 94.2 cm³/mol. The minimum atomic E-state index is -1.55. The Morgan fingerprint density at radius 3 is 2.56 bits per heavy atom. The van der Waals surface area contributed by atoms with Crippen LogP contribution in [0.1, 0.15) is 31.7 Å². The molecule has 0 aromatic heterocycles. The summed E-state index contributed by atoms with van der Waals surface area (Å²) in [6.45, 7) is 3.60. The Bertz CT molecular complexity index is 638. The highest BCUT2D eigenvalue weighted by atomic mass is 16.7. The molecule has 1 fully saturated rings. The first-order valence-electron chi connectivity index (χ1n) is 8.85. The summed E-state index contributed by atoms with van der Waals surface area (Å²) in [6, 6.07) is 4.44. The van der Waals surface area contributed by atoms with E-state index in [9.17, 15) is 30.3 Å². The van der Waals surface area contributed by atoms with Crippen LogP contribution in [0.5, 0.6) is 11.5 Å². The second-order valence-corrected chi connectivity index (χ2v) is 6.59. The van der Waals surface area contributed by atoms with Crippen molar-refractivity contribution >= 4 is 5.91 Å². The number of nitrogens with one attached hydrogen (secondary N) is 1. The van der Waals surface area contributed by atoms with Crippen molar-refractivity contribution in [1.82, 2.24) is 5.32 Å². The summed E-state index contributed by atoms with van der Waals surface area (Å²) in [5.74, 6) is -0.274. The number of ether oxygens (including phenoxy) is 2. The van der Waals surface area contributed by atoms with E-state index in [1.54, 1.807) is 6.07 Å². The number of aromatic hydroxyl groups is 1. The van der Waals surface area contributed by atoms with Gasteiger partial charge in [0.05, 0.1) is 6.61 Å². The average molecular weight is 385 g/mol. The van der Waals surface area contributed by atoms with E-state index in [2.05, 4.69) is 5.32 Å². The van der Waals surface area contributed by atoms with E-state index in [4.69, 9.17) is 9.47 Å². The Kier molecular flexibility index (Phi) is 7.40. The van der Waals surface area contributed by atoms with Gasteiger partial charge in [-0.1, -0.05) is 13.0 Å². The van der Waals surface area contributed by atoms with E-state index in [1.165, 1.54) is 12.1 Å². The van der Waals surface area contributed by atoms with Crippen LogP contribution in [-0.2, 0) is 9.53 Å². The number of aliphatic hydroxyl groups excluding tert-OH is 4. The summed E-state index contributed by atoms with van der Waals surface area (Å²) in [6.07, 6.45) is -6.77. The molecule has 152 valence electrons. The summed E-state index contributed by atoms with van der Waals surface area (Å²) in [5.41, 5.74) is 0.558. The monoisotopic (exact) mass is 385 g/mol. The maximum absolute atomic E-state index is 11.7. The maximum Gasteiger partial charge on any atom is 0.229 e. The normalized spacial score (nSPS) is 29.2. The van der Waals surface area contributed by atoms with Crippen LogP contribution in [0.2, 0.25) is 0 Å². The van der Waals surface area contributed by atoms with Crippen molar-refractivity contribution in [2.24, 2.45) is 0 Å². The van der Waals surface area contributed by atoms with Crippen LogP contribution in [0.15, 0.2) is 18.2 Å². The lowest BCUT2D eigenvalue weighted by Gasteiger charge is -2.39. The number of hydrogen-bond acceptors (Lipinski definition) is 8. The zero-order chi connectivity index (χ0) is 20.1. The van der Waals surface area contributed by atoms with Crippen molar-refractivity contribution in [2.75, 3.05) is 13.2 Å². The second kappa shape index (κ2) is 9.34. The molecule has 1 aliphatic rings. The first-order chi connectivity index (χ1) is 12.8. The van der Waals surface area contributed by atoms with Crippen LogP contribution >= 0.6 is 0 Å². The first-order valence-corrected chi connectivity index (χ1v) is 8.85. The quantitative estimate of drug-likeness (QED) is 0.357. The number of rotatable bonds is 7. The molecule has 6 N–H and O–H groups in total. The molecule has 9 nitrogen and oxygen atoms in total. The fourth-order valence-corrected chi connectivity index (χ4v) is 2.97. The molecule has 2 rings (SSSR count). The Morgan fingerprint density at radius 2 is 1.96 bits per heavy atom. The highest BCUT2D eigenvalue weighted by Gasteiger charge is 2.44. The molecule has 0 aliphatic carbocycles. The van der Waals surface area contributed by atoms with Gasteiger partial charge in [-0.25, -0.2) is 0 Å². The molecule has 1 saturated heterocycles. The minimum Gasteiger partial charge on any atom is -0.508 e. The number of carbonyl (C=O) groups is 1. The number of carbonyl (C=O) groups excluding carboxylic acids is 1. The number of phenols is 1. The fraction of sp³-hybridized carbons (Fsp3) is 0.611. The molecule has 1 heterocycles. The fourth-order valence-electron chi connectivity index (χ4n) is 2.97. The molecule has 6 atom stereocenters. The molecular formula is C18H27NO8. The third-order valence-electron chi connectivity index (χ3n) is 4.50. The Hall–Kier alpha value is -1.91. The van der Waals surface area contributed by atoms with Gasteiger partial charge in [-0.3, -0.25) is 4.79 Å². The van der Waals surface area contributed by atoms with Gasteiger partial charge in [0.25, 0.3) is 0 Å². The van der Waals surface area contributed by atoms with E-state index in [0.29, 0.717) is 12.1 Å². The minimum absolute atomic E-state index is 0.0890. The first kappa shape index (κ1) is 21.4. The summed E-state index contributed by atoms with van der Waals surface area (Å²) >= 11 is 0. The summed E-state index contributed by atoms with van der Waals surface area (Å²) in [4.78, 5) is 11.7. The van der Waals surface area contributed by atoms with Crippen molar-refractivity contribution in [3.63, 3.8) is 0 Å². The van der Waals surface area contributed by atoms with Gasteiger partial charge in [0.2, 0.25) is 12.2 Å². The molecule has 0 bridgehead atoms. The number of amides is 1. The number of benzene rings is 1. The van der Waals surface area contributed by atoms with Gasteiger partial charge in [-0.05, 0) is 24.5 Å². The average Bonchev–Trinajstić information content (AvgIpc) is 2.62. The molecule has 6 unspecified atom stereocenters. The van der Waals surface area contributed by atoms with Crippen molar-refractivity contribution in [3.8, 4) is 11.5 Å². The van der Waals surface area contributed by atoms with E-state index in [-0.39, 0.29) is 29.7 Å². The molecular weight excluding hydrogens is 358 g/mol. The molecule has 1 aliphatic heterocycles. The Morgan fingerprint density at radius 1 is 1.26 bits per heavy atom. The van der Waals surface area contributed by atoms with Gasteiger partial charge in [-0.2, -0.15) is 0 Å². The zero-order valence-electron chi connectivity index (χ0n) is 15.3. The molecule has 0 spiro atoms. The summed E-state index contributed by atoms with van der Waals surface area (Å²) in [7, 11) is 0. The lowest BCUT2D eigenvalue weighted by molar-refractivity contribution is -0.277. The Labute approximate surface area is 157 Å². The number of hydrogen-bond donors (Lipinski definition) is 6. The van der Waals surface area contributed by atoms with Crippen molar-refractivity contribution in [2.45, 2.75) is 56.9 Å². The molecule has 1 aromatic carbocycles. The molecule has 1 aromatic rings. The van der Waals surface area contributed by atoms with Crippen LogP contribution in [0.25, 0.3) is 0 Å². The topological polar surface area (TPSA) is 149 Å². The highest BCUT2D eigenvalue weighted by Crippen LogP contribution is 2.33. The number of aliphatic hydroxyl groups is 4. The molecule has 0 saturated carbocycles. The largest absolute Gasteiger partial charge is 0.508 e. The molecule has 27 heavy (non-hydrogen) atoms. The van der Waals surface area contributed by atoms with Gasteiger partial charge >= 0.3 is 0 Å². The van der Waals surface area contributed by atoms with Crippen molar-refractivity contribution in [3.05, 3.63) is 23.8 Å². The third kappa shape index (κ3) is 5.08. The smallest absolute Gasteiger partial charge is 0.229 e. The maximum atomic E-state index is 11.7.